The number of aryl methyl sites for hydroxylation is 2. The highest BCUT2D eigenvalue weighted by Crippen LogP contribution is 2.27. The van der Waals surface area contributed by atoms with Gasteiger partial charge in [-0.2, -0.15) is 0 Å². The van der Waals surface area contributed by atoms with Gasteiger partial charge >= 0.3 is 0 Å². The van der Waals surface area contributed by atoms with Crippen LogP contribution in [0, 0.1) is 26.6 Å². The molecule has 32 heavy (non-hydrogen) atoms. The zero-order chi connectivity index (χ0) is 23.8. The molecule has 1 amide bonds. The average molecular weight is 459 g/mol. The number of rotatable bonds is 6. The van der Waals surface area contributed by atoms with Crippen molar-refractivity contribution in [2.75, 3.05) is 11.6 Å². The van der Waals surface area contributed by atoms with Gasteiger partial charge in [-0.15, -0.1) is 0 Å². The second-order valence-corrected chi connectivity index (χ2v) is 10.1. The second kappa shape index (κ2) is 8.88. The van der Waals surface area contributed by atoms with Gasteiger partial charge in [-0.3, -0.25) is 4.79 Å². The van der Waals surface area contributed by atoms with Crippen molar-refractivity contribution in [1.82, 2.24) is 4.57 Å². The van der Waals surface area contributed by atoms with Crippen LogP contribution in [0.1, 0.15) is 39.8 Å². The Bertz CT molecular complexity index is 1290. The molecule has 170 valence electrons. The largest absolute Gasteiger partial charge is 0.393 e. The van der Waals surface area contributed by atoms with Crippen LogP contribution in [-0.4, -0.2) is 36.4 Å². The van der Waals surface area contributed by atoms with Crippen LogP contribution in [-0.2, 0) is 16.3 Å². The lowest BCUT2D eigenvalue weighted by Gasteiger charge is -2.16. The molecule has 6 nitrogen and oxygen atoms in total. The molecule has 3 rings (SSSR count). The fourth-order valence-corrected chi connectivity index (χ4v) is 4.86. The molecule has 0 aliphatic rings. The maximum Gasteiger partial charge on any atom is 0.257 e. The molecule has 0 spiro atoms. The number of aliphatic hydroxyl groups excluding tert-OH is 1. The Morgan fingerprint density at radius 3 is 2.34 bits per heavy atom. The quantitative estimate of drug-likeness (QED) is 0.582. The summed E-state index contributed by atoms with van der Waals surface area (Å²) in [5, 5.41) is 12.8. The van der Waals surface area contributed by atoms with Crippen molar-refractivity contribution >= 4 is 21.4 Å². The molecule has 3 aromatic rings. The standard InChI is InChI=1S/C24H27FN2O4S/c1-14-10-18(25)6-8-22(14)27-17(4)21(13-20(27)12-16(3)28)24(29)26-19-7-9-23(15(2)11-19)32(5,30)31/h6-11,13,16,28H,12H2,1-5H3,(H,26,29)/t16-/m0/s1. The van der Waals surface area contributed by atoms with Crippen molar-refractivity contribution < 1.29 is 22.7 Å². The maximum absolute atomic E-state index is 13.6. The van der Waals surface area contributed by atoms with Gasteiger partial charge in [0.2, 0.25) is 0 Å². The SMILES string of the molecule is Cc1cc(F)ccc1-n1c(C[C@H](C)O)cc(C(=O)Nc2ccc(S(C)(=O)=O)c(C)c2)c1C. The smallest absolute Gasteiger partial charge is 0.257 e. The lowest BCUT2D eigenvalue weighted by atomic mass is 10.1. The number of nitrogens with zero attached hydrogens (tertiary/aromatic N) is 1. The van der Waals surface area contributed by atoms with Crippen LogP contribution < -0.4 is 5.32 Å². The summed E-state index contributed by atoms with van der Waals surface area (Å²) >= 11 is 0. The summed E-state index contributed by atoms with van der Waals surface area (Å²) < 4.78 is 39.2. The highest BCUT2D eigenvalue weighted by atomic mass is 32.2. The number of hydrogen-bond acceptors (Lipinski definition) is 4. The van der Waals surface area contributed by atoms with Crippen LogP contribution in [0.2, 0.25) is 0 Å². The van der Waals surface area contributed by atoms with Crippen LogP contribution in [0.15, 0.2) is 47.4 Å². The summed E-state index contributed by atoms with van der Waals surface area (Å²) in [5.41, 5.74) is 4.23. The molecule has 1 heterocycles. The number of aliphatic hydroxyl groups is 1. The highest BCUT2D eigenvalue weighted by Gasteiger charge is 2.21. The molecule has 0 saturated carbocycles. The molecular weight excluding hydrogens is 431 g/mol. The Morgan fingerprint density at radius 1 is 1.09 bits per heavy atom. The van der Waals surface area contributed by atoms with Crippen LogP contribution in [0.3, 0.4) is 0 Å². The number of halogens is 1. The van der Waals surface area contributed by atoms with Crippen molar-refractivity contribution in [3.63, 3.8) is 0 Å². The predicted octanol–water partition coefficient (Wildman–Crippen LogP) is 4.12. The van der Waals surface area contributed by atoms with Gasteiger partial charge in [-0.25, -0.2) is 12.8 Å². The van der Waals surface area contributed by atoms with E-state index in [0.717, 1.165) is 17.6 Å². The highest BCUT2D eigenvalue weighted by molar-refractivity contribution is 7.90. The summed E-state index contributed by atoms with van der Waals surface area (Å²) in [6.07, 6.45) is 0.819. The lowest BCUT2D eigenvalue weighted by Crippen LogP contribution is -2.14. The third-order valence-corrected chi connectivity index (χ3v) is 6.56. The summed E-state index contributed by atoms with van der Waals surface area (Å²) in [7, 11) is -3.36. The van der Waals surface area contributed by atoms with Gasteiger partial charge in [0.05, 0.1) is 16.6 Å². The van der Waals surface area contributed by atoms with E-state index >= 15 is 0 Å². The molecule has 2 aromatic carbocycles. The van der Waals surface area contributed by atoms with E-state index < -0.39 is 15.9 Å². The zero-order valence-electron chi connectivity index (χ0n) is 18.7. The van der Waals surface area contributed by atoms with E-state index in [2.05, 4.69) is 5.32 Å². The lowest BCUT2D eigenvalue weighted by molar-refractivity contribution is 0.102. The first-order chi connectivity index (χ1) is 14.9. The van der Waals surface area contributed by atoms with Crippen LogP contribution >= 0.6 is 0 Å². The van der Waals surface area contributed by atoms with Gasteiger partial charge in [0.25, 0.3) is 5.91 Å². The van der Waals surface area contributed by atoms with E-state index in [1.54, 1.807) is 52.0 Å². The van der Waals surface area contributed by atoms with Gasteiger partial charge in [-0.05, 0) is 81.3 Å². The molecule has 8 heteroatoms. The first-order valence-corrected chi connectivity index (χ1v) is 12.1. The average Bonchev–Trinajstić information content (AvgIpc) is 2.96. The molecule has 0 fully saturated rings. The van der Waals surface area contributed by atoms with E-state index in [0.29, 0.717) is 34.5 Å². The zero-order valence-corrected chi connectivity index (χ0v) is 19.5. The number of anilines is 1. The third-order valence-electron chi connectivity index (χ3n) is 5.30. The molecule has 0 aliphatic carbocycles. The molecule has 0 bridgehead atoms. The molecule has 1 aromatic heterocycles. The van der Waals surface area contributed by atoms with Crippen molar-refractivity contribution in [2.45, 2.75) is 45.1 Å². The van der Waals surface area contributed by atoms with Crippen LogP contribution in [0.5, 0.6) is 0 Å². The van der Waals surface area contributed by atoms with E-state index in [1.807, 2.05) is 4.57 Å². The number of benzene rings is 2. The molecule has 2 N–H and O–H groups in total. The minimum atomic E-state index is -3.36. The Hall–Kier alpha value is -2.97. The van der Waals surface area contributed by atoms with Gasteiger partial charge in [0.15, 0.2) is 9.84 Å². The molecule has 0 unspecified atom stereocenters. The third kappa shape index (κ3) is 4.92. The van der Waals surface area contributed by atoms with Gasteiger partial charge < -0.3 is 15.0 Å². The second-order valence-electron chi connectivity index (χ2n) is 8.16. The normalized spacial score (nSPS) is 12.6. The minimum Gasteiger partial charge on any atom is -0.393 e. The first kappa shape index (κ1) is 23.7. The Kier molecular flexibility index (Phi) is 6.57. The summed E-state index contributed by atoms with van der Waals surface area (Å²) in [6, 6.07) is 10.8. The number of nitrogens with one attached hydrogen (secondary N) is 1. The number of carbonyl (C=O) groups is 1. The number of hydrogen-bond donors (Lipinski definition) is 2. The van der Waals surface area contributed by atoms with Crippen molar-refractivity contribution in [1.29, 1.82) is 0 Å². The molecule has 0 saturated heterocycles. The summed E-state index contributed by atoms with van der Waals surface area (Å²) in [4.78, 5) is 13.3. The van der Waals surface area contributed by atoms with Crippen LogP contribution in [0.25, 0.3) is 5.69 Å². The summed E-state index contributed by atoms with van der Waals surface area (Å²) in [6.45, 7) is 6.92. The fraction of sp³-hybridized carbons (Fsp3) is 0.292. The molecule has 1 atom stereocenters. The van der Waals surface area contributed by atoms with Gasteiger partial charge in [-0.1, -0.05) is 0 Å². The van der Waals surface area contributed by atoms with Crippen molar-refractivity contribution in [2.24, 2.45) is 0 Å². The minimum absolute atomic E-state index is 0.212. The Balaban J connectivity index is 2.02. The fourth-order valence-electron chi connectivity index (χ4n) is 3.90. The van der Waals surface area contributed by atoms with E-state index in [1.165, 1.54) is 18.2 Å². The van der Waals surface area contributed by atoms with Crippen molar-refractivity contribution in [3.05, 3.63) is 76.4 Å². The number of aromatic nitrogens is 1. The monoisotopic (exact) mass is 458 g/mol. The van der Waals surface area contributed by atoms with E-state index in [-0.39, 0.29) is 16.6 Å². The molecular formula is C24H27FN2O4S. The predicted molar refractivity (Wildman–Crippen MR) is 123 cm³/mol. The maximum atomic E-state index is 13.6. The Morgan fingerprint density at radius 2 is 1.78 bits per heavy atom. The van der Waals surface area contributed by atoms with Gasteiger partial charge in [0, 0.05) is 35.4 Å². The van der Waals surface area contributed by atoms with E-state index in [4.69, 9.17) is 0 Å². The van der Waals surface area contributed by atoms with E-state index in [9.17, 15) is 22.7 Å². The van der Waals surface area contributed by atoms with Crippen LogP contribution in [0.4, 0.5) is 10.1 Å². The number of sulfone groups is 1. The number of amides is 1. The van der Waals surface area contributed by atoms with Crippen molar-refractivity contribution in [3.8, 4) is 5.69 Å². The first-order valence-electron chi connectivity index (χ1n) is 10.2. The molecule has 0 aliphatic heterocycles. The topological polar surface area (TPSA) is 88.4 Å². The van der Waals surface area contributed by atoms with Gasteiger partial charge in [0.1, 0.15) is 5.82 Å². The number of carbonyl (C=O) groups excluding carboxylic acids is 1. The Labute approximate surface area is 187 Å². The summed E-state index contributed by atoms with van der Waals surface area (Å²) in [5.74, 6) is -0.710. The molecule has 0 radical (unpaired) electrons.